The number of rotatable bonds is 4. The minimum Gasteiger partial charge on any atom is -0.306 e. The first-order chi connectivity index (χ1) is 9.08. The molecule has 0 fully saturated rings. The fraction of sp³-hybridized carbons (Fsp3) is 0.600. The van der Waals surface area contributed by atoms with Crippen LogP contribution in [0.15, 0.2) is 18.2 Å². The van der Waals surface area contributed by atoms with Crippen LogP contribution in [0.5, 0.6) is 0 Å². The van der Waals surface area contributed by atoms with Crippen LogP contribution in [0.3, 0.4) is 0 Å². The number of halogens is 1. The Balaban J connectivity index is 2.24. The first kappa shape index (κ1) is 15.8. The molecule has 0 aliphatic heterocycles. The normalized spacial score (nSPS) is 22.6. The lowest BCUT2D eigenvalue weighted by Gasteiger charge is -2.31. The van der Waals surface area contributed by atoms with Crippen LogP contribution in [0, 0.1) is 5.41 Å². The van der Waals surface area contributed by atoms with Crippen molar-refractivity contribution in [2.24, 2.45) is 5.41 Å². The molecule has 2 atom stereocenters. The van der Waals surface area contributed by atoms with E-state index in [-0.39, 0.29) is 23.3 Å². The molecule has 0 amide bonds. The van der Waals surface area contributed by atoms with Crippen molar-refractivity contribution in [3.63, 3.8) is 0 Å². The highest BCUT2D eigenvalue weighted by Crippen LogP contribution is 2.46. The van der Waals surface area contributed by atoms with Gasteiger partial charge in [0.2, 0.25) is 0 Å². The van der Waals surface area contributed by atoms with Crippen LogP contribution >= 0.6 is 11.6 Å². The molecule has 3 nitrogen and oxygen atoms in total. The van der Waals surface area contributed by atoms with Crippen molar-refractivity contribution in [2.75, 3.05) is 12.0 Å². The Labute approximate surface area is 126 Å². The molecule has 1 aliphatic carbocycles. The van der Waals surface area contributed by atoms with E-state index in [4.69, 9.17) is 11.6 Å². The molecule has 1 aromatic rings. The molecule has 5 heteroatoms. The number of hydrogen-bond acceptors (Lipinski definition) is 3. The van der Waals surface area contributed by atoms with Crippen molar-refractivity contribution in [3.05, 3.63) is 34.3 Å². The topological polar surface area (TPSA) is 46.2 Å². The fourth-order valence-corrected chi connectivity index (χ4v) is 4.30. The van der Waals surface area contributed by atoms with Crippen molar-refractivity contribution in [3.8, 4) is 0 Å². The zero-order chi connectivity index (χ0) is 15.1. The van der Waals surface area contributed by atoms with Gasteiger partial charge in [0, 0.05) is 23.4 Å². The lowest BCUT2D eigenvalue weighted by Crippen LogP contribution is -2.40. The molecular weight excluding hydrogens is 294 g/mol. The van der Waals surface area contributed by atoms with E-state index >= 15 is 0 Å². The minimum atomic E-state index is -2.98. The fourth-order valence-electron chi connectivity index (χ4n) is 3.11. The number of fused-ring (bicyclic) bond motifs is 1. The number of hydrogen-bond donors (Lipinski definition) is 1. The highest BCUT2D eigenvalue weighted by atomic mass is 35.5. The maximum atomic E-state index is 11.4. The van der Waals surface area contributed by atoms with Crippen molar-refractivity contribution in [1.82, 2.24) is 5.32 Å². The number of nitrogens with one attached hydrogen (secondary N) is 1. The molecule has 0 bridgehead atoms. The second kappa shape index (κ2) is 5.32. The molecular formula is C15H22ClNO2S. The molecule has 0 aromatic heterocycles. The smallest absolute Gasteiger partial charge is 0.148 e. The van der Waals surface area contributed by atoms with E-state index in [1.807, 2.05) is 19.1 Å². The third-order valence-corrected chi connectivity index (χ3v) is 5.19. The number of benzene rings is 1. The summed E-state index contributed by atoms with van der Waals surface area (Å²) in [6.07, 6.45) is 2.25. The second-order valence-corrected chi connectivity index (χ2v) is 9.22. The lowest BCUT2D eigenvalue weighted by atomic mass is 9.85. The summed E-state index contributed by atoms with van der Waals surface area (Å²) in [4.78, 5) is 0. The van der Waals surface area contributed by atoms with Gasteiger partial charge in [-0.2, -0.15) is 0 Å². The molecule has 20 heavy (non-hydrogen) atoms. The molecule has 0 saturated heterocycles. The number of sulfone groups is 1. The Hall–Kier alpha value is -0.580. The molecule has 1 N–H and O–H groups in total. The minimum absolute atomic E-state index is 0.0543. The third-order valence-electron chi connectivity index (χ3n) is 3.85. The summed E-state index contributed by atoms with van der Waals surface area (Å²) in [6, 6.07) is 6.03. The molecule has 0 spiro atoms. The third kappa shape index (κ3) is 3.54. The highest BCUT2D eigenvalue weighted by Gasteiger charge is 2.39. The Morgan fingerprint density at radius 1 is 1.45 bits per heavy atom. The summed E-state index contributed by atoms with van der Waals surface area (Å²) in [5.74, 6) is 0.148. The van der Waals surface area contributed by atoms with E-state index in [0.717, 1.165) is 11.4 Å². The standard InChI is InChI=1S/C15H22ClNO2S/c1-10(9-20(4,18)19)17-14-13-7-12(16)6-5-11(13)8-15(14,2)3/h5-7,10,14,17H,8-9H2,1-4H3. The molecule has 2 rings (SSSR count). The van der Waals surface area contributed by atoms with Crippen molar-refractivity contribution in [2.45, 2.75) is 39.3 Å². The molecule has 0 radical (unpaired) electrons. The van der Waals surface area contributed by atoms with Crippen LogP contribution in [0.4, 0.5) is 0 Å². The molecule has 0 heterocycles. The van der Waals surface area contributed by atoms with Crippen molar-refractivity contribution < 1.29 is 8.42 Å². The van der Waals surface area contributed by atoms with Crippen LogP contribution in [0.1, 0.15) is 37.9 Å². The van der Waals surface area contributed by atoms with E-state index in [0.29, 0.717) is 0 Å². The predicted octanol–water partition coefficient (Wildman–Crippen LogP) is 2.99. The summed E-state index contributed by atoms with van der Waals surface area (Å²) in [6.45, 7) is 6.32. The van der Waals surface area contributed by atoms with Gasteiger partial charge in [-0.1, -0.05) is 31.5 Å². The van der Waals surface area contributed by atoms with Crippen LogP contribution in [-0.4, -0.2) is 26.5 Å². The van der Waals surface area contributed by atoms with Gasteiger partial charge in [0.15, 0.2) is 0 Å². The van der Waals surface area contributed by atoms with Crippen LogP contribution in [0.2, 0.25) is 5.02 Å². The molecule has 2 unspecified atom stereocenters. The van der Waals surface area contributed by atoms with Crippen LogP contribution < -0.4 is 5.32 Å². The van der Waals surface area contributed by atoms with Gasteiger partial charge in [-0.3, -0.25) is 0 Å². The maximum absolute atomic E-state index is 11.4. The zero-order valence-corrected chi connectivity index (χ0v) is 14.0. The van der Waals surface area contributed by atoms with E-state index in [1.165, 1.54) is 17.4 Å². The average molecular weight is 316 g/mol. The van der Waals surface area contributed by atoms with Gasteiger partial charge < -0.3 is 5.32 Å². The Morgan fingerprint density at radius 2 is 2.10 bits per heavy atom. The SMILES string of the molecule is CC(CS(C)(=O)=O)NC1c2cc(Cl)ccc2CC1(C)C. The second-order valence-electron chi connectivity index (χ2n) is 6.60. The van der Waals surface area contributed by atoms with E-state index < -0.39 is 9.84 Å². The Kier molecular flexibility index (Phi) is 4.20. The van der Waals surface area contributed by atoms with Gasteiger partial charge in [0.05, 0.1) is 5.75 Å². The predicted molar refractivity (Wildman–Crippen MR) is 84.0 cm³/mol. The molecule has 1 aliphatic rings. The molecule has 0 saturated carbocycles. The van der Waals surface area contributed by atoms with Gasteiger partial charge in [-0.05, 0) is 42.0 Å². The van der Waals surface area contributed by atoms with Gasteiger partial charge in [0.25, 0.3) is 0 Å². The quantitative estimate of drug-likeness (QED) is 0.929. The van der Waals surface area contributed by atoms with Gasteiger partial charge in [-0.25, -0.2) is 8.42 Å². The first-order valence-corrected chi connectivity index (χ1v) is 9.24. The van der Waals surface area contributed by atoms with Crippen molar-refractivity contribution >= 4 is 21.4 Å². The van der Waals surface area contributed by atoms with Gasteiger partial charge in [-0.15, -0.1) is 0 Å². The first-order valence-electron chi connectivity index (χ1n) is 6.80. The van der Waals surface area contributed by atoms with Crippen molar-refractivity contribution in [1.29, 1.82) is 0 Å². The summed E-state index contributed by atoms with van der Waals surface area (Å²) >= 11 is 6.10. The van der Waals surface area contributed by atoms with E-state index in [9.17, 15) is 8.42 Å². The summed E-state index contributed by atoms with van der Waals surface area (Å²) in [5, 5.41) is 4.20. The summed E-state index contributed by atoms with van der Waals surface area (Å²) in [7, 11) is -2.98. The van der Waals surface area contributed by atoms with Gasteiger partial charge >= 0.3 is 0 Å². The maximum Gasteiger partial charge on any atom is 0.148 e. The summed E-state index contributed by atoms with van der Waals surface area (Å²) in [5.41, 5.74) is 2.55. The van der Waals surface area contributed by atoms with Crippen LogP contribution in [-0.2, 0) is 16.3 Å². The summed E-state index contributed by atoms with van der Waals surface area (Å²) < 4.78 is 22.8. The Bertz CT molecular complexity index is 610. The average Bonchev–Trinajstić information content (AvgIpc) is 2.48. The van der Waals surface area contributed by atoms with Gasteiger partial charge in [0.1, 0.15) is 9.84 Å². The lowest BCUT2D eigenvalue weighted by molar-refractivity contribution is 0.256. The van der Waals surface area contributed by atoms with Crippen LogP contribution in [0.25, 0.3) is 0 Å². The zero-order valence-electron chi connectivity index (χ0n) is 12.4. The highest BCUT2D eigenvalue weighted by molar-refractivity contribution is 7.90. The monoisotopic (exact) mass is 315 g/mol. The Morgan fingerprint density at radius 3 is 2.70 bits per heavy atom. The molecule has 112 valence electrons. The van der Waals surface area contributed by atoms with E-state index in [2.05, 4.69) is 25.2 Å². The largest absolute Gasteiger partial charge is 0.306 e. The van der Waals surface area contributed by atoms with E-state index in [1.54, 1.807) is 0 Å². The molecule has 1 aromatic carbocycles.